The molecule has 7 atom stereocenters. The van der Waals surface area contributed by atoms with Crippen molar-refractivity contribution in [2.45, 2.75) is 98.0 Å². The lowest BCUT2D eigenvalue weighted by molar-refractivity contribution is -0.0511. The summed E-state index contributed by atoms with van der Waals surface area (Å²) in [5.74, 6) is 4.61. The van der Waals surface area contributed by atoms with Gasteiger partial charge < -0.3 is 5.11 Å². The lowest BCUT2D eigenvalue weighted by Crippen LogP contribution is -2.50. The Hall–Kier alpha value is -0.300. The maximum Gasteiger partial charge on any atom is 0.0577 e. The Morgan fingerprint density at radius 1 is 1.08 bits per heavy atom. The summed E-state index contributed by atoms with van der Waals surface area (Å²) in [5, 5.41) is 10.1. The fourth-order valence-electron chi connectivity index (χ4n) is 7.76. The zero-order chi connectivity index (χ0) is 17.8. The van der Waals surface area contributed by atoms with Gasteiger partial charge in [-0.05, 0) is 98.2 Å². The van der Waals surface area contributed by atoms with E-state index < -0.39 is 0 Å². The average molecular weight is 345 g/mol. The number of allylic oxidation sites excluding steroid dienone is 1. The maximum absolute atomic E-state index is 10.1. The van der Waals surface area contributed by atoms with Crippen molar-refractivity contribution < 1.29 is 5.11 Å². The van der Waals surface area contributed by atoms with Crippen LogP contribution >= 0.6 is 0 Å². The minimum Gasteiger partial charge on any atom is -0.393 e. The molecule has 0 radical (unpaired) electrons. The predicted octanol–water partition coefficient (Wildman–Crippen LogP) is 6.36. The van der Waals surface area contributed by atoms with Gasteiger partial charge in [-0.25, -0.2) is 0 Å². The Morgan fingerprint density at radius 2 is 1.88 bits per heavy atom. The minimum absolute atomic E-state index is 0.0726. The fourth-order valence-corrected chi connectivity index (χ4v) is 7.76. The molecule has 1 N–H and O–H groups in total. The van der Waals surface area contributed by atoms with Gasteiger partial charge in [-0.3, -0.25) is 0 Å². The van der Waals surface area contributed by atoms with Crippen LogP contribution in [0, 0.1) is 40.4 Å². The lowest BCUT2D eigenvalue weighted by Gasteiger charge is -2.58. The van der Waals surface area contributed by atoms with Crippen LogP contribution in [0.5, 0.6) is 0 Å². The van der Waals surface area contributed by atoms with Gasteiger partial charge in [0.05, 0.1) is 6.10 Å². The summed E-state index contributed by atoms with van der Waals surface area (Å²) in [6, 6.07) is 0. The number of aliphatic hydroxyl groups excluding tert-OH is 1. The highest BCUT2D eigenvalue weighted by molar-refractivity contribution is 5.25. The largest absolute Gasteiger partial charge is 0.393 e. The summed E-state index contributed by atoms with van der Waals surface area (Å²) in [7, 11) is 0. The molecule has 0 bridgehead atoms. The van der Waals surface area contributed by atoms with Crippen LogP contribution in [0.15, 0.2) is 11.6 Å². The van der Waals surface area contributed by atoms with Crippen molar-refractivity contribution in [2.75, 3.05) is 0 Å². The Balaban J connectivity index is 1.56. The second-order valence-electron chi connectivity index (χ2n) is 10.9. The van der Waals surface area contributed by atoms with Gasteiger partial charge in [0.1, 0.15) is 0 Å². The molecule has 142 valence electrons. The smallest absolute Gasteiger partial charge is 0.0577 e. The van der Waals surface area contributed by atoms with Gasteiger partial charge in [-0.1, -0.05) is 45.8 Å². The fraction of sp³-hybridized carbons (Fsp3) is 0.917. The molecule has 3 fully saturated rings. The van der Waals surface area contributed by atoms with E-state index in [1.54, 1.807) is 5.57 Å². The van der Waals surface area contributed by atoms with E-state index in [-0.39, 0.29) is 6.10 Å². The van der Waals surface area contributed by atoms with Crippen LogP contribution in [-0.4, -0.2) is 11.2 Å². The van der Waals surface area contributed by atoms with E-state index in [1.165, 1.54) is 51.4 Å². The topological polar surface area (TPSA) is 20.2 Å². The number of hydrogen-bond donors (Lipinski definition) is 1. The van der Waals surface area contributed by atoms with Crippen molar-refractivity contribution in [3.05, 3.63) is 11.6 Å². The van der Waals surface area contributed by atoms with E-state index in [4.69, 9.17) is 0 Å². The summed E-state index contributed by atoms with van der Waals surface area (Å²) >= 11 is 0. The maximum atomic E-state index is 10.1. The Bertz CT molecular complexity index is 534. The van der Waals surface area contributed by atoms with Gasteiger partial charge in [0, 0.05) is 0 Å². The van der Waals surface area contributed by atoms with Gasteiger partial charge >= 0.3 is 0 Å². The summed E-state index contributed by atoms with van der Waals surface area (Å²) in [4.78, 5) is 0. The van der Waals surface area contributed by atoms with Gasteiger partial charge in [0.2, 0.25) is 0 Å². The van der Waals surface area contributed by atoms with E-state index in [9.17, 15) is 5.11 Å². The zero-order valence-electron chi connectivity index (χ0n) is 17.1. The zero-order valence-corrected chi connectivity index (χ0v) is 17.1. The van der Waals surface area contributed by atoms with E-state index in [0.29, 0.717) is 10.8 Å². The van der Waals surface area contributed by atoms with Crippen molar-refractivity contribution >= 4 is 0 Å². The summed E-state index contributed by atoms with van der Waals surface area (Å²) in [6.45, 7) is 9.99. The third-order valence-corrected chi connectivity index (χ3v) is 9.37. The summed E-state index contributed by atoms with van der Waals surface area (Å²) in [6.07, 6.45) is 15.8. The summed E-state index contributed by atoms with van der Waals surface area (Å²) < 4.78 is 0. The highest BCUT2D eigenvalue weighted by Crippen LogP contribution is 2.66. The van der Waals surface area contributed by atoms with Crippen LogP contribution in [0.4, 0.5) is 0 Å². The first-order chi connectivity index (χ1) is 11.8. The van der Waals surface area contributed by atoms with Crippen molar-refractivity contribution in [1.29, 1.82) is 0 Å². The van der Waals surface area contributed by atoms with E-state index in [0.717, 1.165) is 42.4 Å². The van der Waals surface area contributed by atoms with Crippen LogP contribution in [0.25, 0.3) is 0 Å². The van der Waals surface area contributed by atoms with Gasteiger partial charge in [-0.2, -0.15) is 0 Å². The average Bonchev–Trinajstić information content (AvgIpc) is 2.90. The van der Waals surface area contributed by atoms with E-state index >= 15 is 0 Å². The molecule has 1 heteroatoms. The molecule has 0 aromatic heterocycles. The molecule has 3 saturated carbocycles. The molecule has 0 saturated heterocycles. The van der Waals surface area contributed by atoms with Gasteiger partial charge in [0.25, 0.3) is 0 Å². The number of hydrogen-bond acceptors (Lipinski definition) is 1. The van der Waals surface area contributed by atoms with Crippen LogP contribution in [0.1, 0.15) is 91.9 Å². The van der Waals surface area contributed by atoms with Crippen molar-refractivity contribution in [3.8, 4) is 0 Å². The van der Waals surface area contributed by atoms with Gasteiger partial charge in [-0.15, -0.1) is 0 Å². The van der Waals surface area contributed by atoms with Crippen LogP contribution in [0.3, 0.4) is 0 Å². The molecule has 0 aromatic rings. The molecule has 1 nitrogen and oxygen atoms in total. The quantitative estimate of drug-likeness (QED) is 0.590. The number of rotatable bonds is 3. The van der Waals surface area contributed by atoms with Crippen LogP contribution in [-0.2, 0) is 0 Å². The van der Waals surface area contributed by atoms with Crippen LogP contribution < -0.4 is 0 Å². The molecule has 4 aliphatic carbocycles. The Labute approximate surface area is 155 Å². The third-order valence-electron chi connectivity index (χ3n) is 9.37. The molecule has 4 aliphatic rings. The Kier molecular flexibility index (Phi) is 4.63. The minimum atomic E-state index is -0.0726. The first kappa shape index (κ1) is 18.1. The van der Waals surface area contributed by atoms with Gasteiger partial charge in [0.15, 0.2) is 0 Å². The molecule has 4 rings (SSSR count). The highest BCUT2D eigenvalue weighted by Gasteiger charge is 2.58. The third kappa shape index (κ3) is 2.84. The molecule has 0 amide bonds. The molecular weight excluding hydrogens is 304 g/mol. The lowest BCUT2D eigenvalue weighted by atomic mass is 9.47. The molecule has 0 aromatic carbocycles. The standard InChI is InChI=1S/C24H40O/c1-16(2)5-6-17-8-10-21-20-9-7-18-15-19(25)11-13-24(18,4)22(20)12-14-23(17,21)3/h7,16-17,19-22,25H,5-6,8-15H2,1-4H3/t17-,19-,20?,21?,22?,23?,24-/m0/s1. The molecule has 0 heterocycles. The van der Waals surface area contributed by atoms with Crippen molar-refractivity contribution in [2.24, 2.45) is 40.4 Å². The SMILES string of the molecule is CC(C)CC[C@H]1CCC2C3CC=C4C[C@@H](O)CC[C@]4(C)C3CCC21C. The normalized spacial score (nSPS) is 49.4. The first-order valence-electron chi connectivity index (χ1n) is 11.2. The Morgan fingerprint density at radius 3 is 2.64 bits per heavy atom. The second kappa shape index (κ2) is 6.39. The monoisotopic (exact) mass is 344 g/mol. The second-order valence-corrected chi connectivity index (χ2v) is 10.9. The first-order valence-corrected chi connectivity index (χ1v) is 11.2. The van der Waals surface area contributed by atoms with Crippen LogP contribution in [0.2, 0.25) is 0 Å². The highest BCUT2D eigenvalue weighted by atomic mass is 16.3. The van der Waals surface area contributed by atoms with Crippen molar-refractivity contribution in [1.82, 2.24) is 0 Å². The molecule has 25 heavy (non-hydrogen) atoms. The molecule has 0 aliphatic heterocycles. The number of fused-ring (bicyclic) bond motifs is 5. The van der Waals surface area contributed by atoms with Crippen molar-refractivity contribution in [3.63, 3.8) is 0 Å². The van der Waals surface area contributed by atoms with E-state index in [2.05, 4.69) is 33.8 Å². The van der Waals surface area contributed by atoms with E-state index in [1.807, 2.05) is 0 Å². The molecule has 4 unspecified atom stereocenters. The number of aliphatic hydroxyl groups is 1. The molecular formula is C24H40O. The summed E-state index contributed by atoms with van der Waals surface area (Å²) in [5.41, 5.74) is 2.64. The predicted molar refractivity (Wildman–Crippen MR) is 105 cm³/mol. The molecule has 0 spiro atoms.